The number of amides is 2. The summed E-state index contributed by atoms with van der Waals surface area (Å²) >= 11 is 0. The van der Waals surface area contributed by atoms with E-state index < -0.39 is 0 Å². The van der Waals surface area contributed by atoms with Crippen molar-refractivity contribution < 1.29 is 9.59 Å². The standard InChI is InChI=1S/2C13H24N2O.3CH4/c2*1-13(2,3)12(16)14-11-8-10-4-6-15(9-11)7-5-10;;;/h2*10-11H,4-9H2,1-3H3,(H,14,16);3*1H4. The molecular formula is C29H60N4O2. The Morgan fingerprint density at radius 1 is 0.600 bits per heavy atom. The zero-order chi connectivity index (χ0) is 23.5. The molecule has 6 saturated heterocycles. The SMILES string of the molecule is C.C.C.CC(C)(C)C(=O)NC1CC2CCN(CC2)C1.CC(C)(C)C(=O)NC1CC2CCN(CC2)C1. The summed E-state index contributed by atoms with van der Waals surface area (Å²) in [5, 5.41) is 6.44. The summed E-state index contributed by atoms with van der Waals surface area (Å²) in [7, 11) is 0. The van der Waals surface area contributed by atoms with Crippen molar-refractivity contribution in [1.82, 2.24) is 20.4 Å². The summed E-state index contributed by atoms with van der Waals surface area (Å²) in [4.78, 5) is 28.9. The van der Waals surface area contributed by atoms with Gasteiger partial charge in [-0.2, -0.15) is 0 Å². The monoisotopic (exact) mass is 496 g/mol. The van der Waals surface area contributed by atoms with Crippen LogP contribution in [0.2, 0.25) is 0 Å². The van der Waals surface area contributed by atoms with Gasteiger partial charge in [0.15, 0.2) is 0 Å². The van der Waals surface area contributed by atoms with Gasteiger partial charge in [0, 0.05) is 36.0 Å². The van der Waals surface area contributed by atoms with Gasteiger partial charge in [0.25, 0.3) is 0 Å². The maximum atomic E-state index is 11.9. The molecule has 0 radical (unpaired) electrons. The molecule has 2 N–H and O–H groups in total. The number of fused-ring (bicyclic) bond motifs is 8. The quantitative estimate of drug-likeness (QED) is 0.553. The van der Waals surface area contributed by atoms with Crippen LogP contribution in [-0.2, 0) is 9.59 Å². The molecule has 4 bridgehead atoms. The molecule has 6 aliphatic heterocycles. The first-order chi connectivity index (χ1) is 14.9. The number of rotatable bonds is 2. The van der Waals surface area contributed by atoms with E-state index in [1.807, 2.05) is 41.5 Å². The molecule has 0 aromatic carbocycles. The minimum Gasteiger partial charge on any atom is -0.352 e. The van der Waals surface area contributed by atoms with Crippen LogP contribution in [0.5, 0.6) is 0 Å². The molecule has 0 spiro atoms. The third-order valence-electron chi connectivity index (χ3n) is 7.64. The largest absolute Gasteiger partial charge is 0.352 e. The summed E-state index contributed by atoms with van der Waals surface area (Å²) in [5.41, 5.74) is -0.526. The molecule has 6 heteroatoms. The lowest BCUT2D eigenvalue weighted by molar-refractivity contribution is -0.130. The lowest BCUT2D eigenvalue weighted by Crippen LogP contribution is -2.46. The van der Waals surface area contributed by atoms with Crippen LogP contribution in [0.3, 0.4) is 0 Å². The fraction of sp³-hybridized carbons (Fsp3) is 0.931. The van der Waals surface area contributed by atoms with Crippen molar-refractivity contribution in [1.29, 1.82) is 0 Å². The Balaban J connectivity index is 0.000000608. The van der Waals surface area contributed by atoms with Crippen LogP contribution >= 0.6 is 0 Å². The molecule has 2 atom stereocenters. The summed E-state index contributed by atoms with van der Waals surface area (Å²) in [6.45, 7) is 18.9. The zero-order valence-electron chi connectivity index (χ0n) is 21.5. The van der Waals surface area contributed by atoms with E-state index in [9.17, 15) is 9.59 Å². The van der Waals surface area contributed by atoms with Gasteiger partial charge in [-0.3, -0.25) is 9.59 Å². The van der Waals surface area contributed by atoms with E-state index in [1.54, 1.807) is 0 Å². The summed E-state index contributed by atoms with van der Waals surface area (Å²) in [5.74, 6) is 2.06. The summed E-state index contributed by atoms with van der Waals surface area (Å²) < 4.78 is 0. The van der Waals surface area contributed by atoms with Crippen molar-refractivity contribution in [2.24, 2.45) is 22.7 Å². The maximum Gasteiger partial charge on any atom is 0.225 e. The number of piperidine rings is 2. The number of nitrogens with zero attached hydrogens (tertiary/aromatic N) is 2. The smallest absolute Gasteiger partial charge is 0.225 e. The highest BCUT2D eigenvalue weighted by Gasteiger charge is 2.33. The Morgan fingerprint density at radius 2 is 0.886 bits per heavy atom. The van der Waals surface area contributed by atoms with Gasteiger partial charge in [-0.15, -0.1) is 0 Å². The molecular weight excluding hydrogens is 436 g/mol. The van der Waals surface area contributed by atoms with E-state index in [-0.39, 0.29) is 44.9 Å². The molecule has 6 rings (SSSR count). The topological polar surface area (TPSA) is 64.7 Å². The molecule has 6 nitrogen and oxygen atoms in total. The first kappa shape index (κ1) is 33.9. The number of carbonyl (C=O) groups excluding carboxylic acids is 2. The van der Waals surface area contributed by atoms with Gasteiger partial charge in [-0.1, -0.05) is 63.8 Å². The molecule has 6 fully saturated rings. The van der Waals surface area contributed by atoms with Crippen molar-refractivity contribution >= 4 is 11.8 Å². The Bertz CT molecular complexity index is 552. The molecule has 2 amide bonds. The van der Waals surface area contributed by atoms with Gasteiger partial charge in [0.05, 0.1) is 0 Å². The molecule has 6 aliphatic rings. The van der Waals surface area contributed by atoms with E-state index in [2.05, 4.69) is 20.4 Å². The normalized spacial score (nSPS) is 31.6. The van der Waals surface area contributed by atoms with Crippen LogP contribution in [0.25, 0.3) is 0 Å². The third-order valence-corrected chi connectivity index (χ3v) is 7.64. The maximum absolute atomic E-state index is 11.9. The van der Waals surface area contributed by atoms with Crippen LogP contribution in [0.4, 0.5) is 0 Å². The van der Waals surface area contributed by atoms with Crippen molar-refractivity contribution in [3.05, 3.63) is 0 Å². The Kier molecular flexibility index (Phi) is 13.5. The lowest BCUT2D eigenvalue weighted by Gasteiger charge is -2.26. The number of nitrogens with one attached hydrogen (secondary N) is 2. The molecule has 0 saturated carbocycles. The van der Waals surface area contributed by atoms with Gasteiger partial charge >= 0.3 is 0 Å². The fourth-order valence-electron chi connectivity index (χ4n) is 5.40. The summed E-state index contributed by atoms with van der Waals surface area (Å²) in [6, 6.07) is 0.753. The average Bonchev–Trinajstić information content (AvgIpc) is 3.16. The van der Waals surface area contributed by atoms with E-state index in [0.717, 1.165) is 24.9 Å². The molecule has 208 valence electrons. The van der Waals surface area contributed by atoms with Crippen LogP contribution in [0, 0.1) is 22.7 Å². The van der Waals surface area contributed by atoms with E-state index in [0.29, 0.717) is 12.1 Å². The van der Waals surface area contributed by atoms with E-state index >= 15 is 0 Å². The Hall–Kier alpha value is -1.14. The van der Waals surface area contributed by atoms with Crippen molar-refractivity contribution in [3.63, 3.8) is 0 Å². The van der Waals surface area contributed by atoms with E-state index in [4.69, 9.17) is 0 Å². The minimum absolute atomic E-state index is 0. The van der Waals surface area contributed by atoms with Crippen LogP contribution in [-0.4, -0.2) is 73.0 Å². The van der Waals surface area contributed by atoms with Crippen molar-refractivity contribution in [3.8, 4) is 0 Å². The van der Waals surface area contributed by atoms with Gasteiger partial charge in [0.2, 0.25) is 11.8 Å². The molecule has 0 aromatic heterocycles. The zero-order valence-corrected chi connectivity index (χ0v) is 21.5. The predicted octanol–water partition coefficient (Wildman–Crippen LogP) is 5.17. The van der Waals surface area contributed by atoms with Gasteiger partial charge in [0.1, 0.15) is 0 Å². The Morgan fingerprint density at radius 3 is 1.14 bits per heavy atom. The van der Waals surface area contributed by atoms with Crippen LogP contribution < -0.4 is 10.6 Å². The van der Waals surface area contributed by atoms with Crippen molar-refractivity contribution in [2.45, 2.75) is 114 Å². The highest BCUT2D eigenvalue weighted by molar-refractivity contribution is 5.82. The van der Waals surface area contributed by atoms with Gasteiger partial charge in [-0.25, -0.2) is 0 Å². The molecule has 2 unspecified atom stereocenters. The third kappa shape index (κ3) is 10.4. The second-order valence-corrected chi connectivity index (χ2v) is 12.8. The molecule has 0 aromatic rings. The van der Waals surface area contributed by atoms with E-state index in [1.165, 1.54) is 64.7 Å². The minimum atomic E-state index is -0.263. The lowest BCUT2D eigenvalue weighted by atomic mass is 9.92. The number of hydrogen-bond donors (Lipinski definition) is 2. The second-order valence-electron chi connectivity index (χ2n) is 12.8. The molecule has 0 aliphatic carbocycles. The molecule has 6 heterocycles. The second kappa shape index (κ2) is 14.0. The highest BCUT2D eigenvalue weighted by Crippen LogP contribution is 2.28. The van der Waals surface area contributed by atoms with Crippen LogP contribution in [0.15, 0.2) is 0 Å². The molecule has 35 heavy (non-hydrogen) atoms. The average molecular weight is 497 g/mol. The number of hydrogen-bond acceptors (Lipinski definition) is 4. The van der Waals surface area contributed by atoms with Crippen molar-refractivity contribution in [2.75, 3.05) is 39.3 Å². The highest BCUT2D eigenvalue weighted by atomic mass is 16.2. The summed E-state index contributed by atoms with van der Waals surface area (Å²) in [6.07, 6.45) is 7.64. The van der Waals surface area contributed by atoms with Gasteiger partial charge < -0.3 is 20.4 Å². The number of carbonyl (C=O) groups is 2. The van der Waals surface area contributed by atoms with Crippen LogP contribution in [0.1, 0.15) is 102 Å². The van der Waals surface area contributed by atoms with Gasteiger partial charge in [-0.05, 0) is 76.5 Å². The predicted molar refractivity (Wildman–Crippen MR) is 151 cm³/mol. The Labute approximate surface area is 218 Å². The first-order valence-corrected chi connectivity index (χ1v) is 13.0. The first-order valence-electron chi connectivity index (χ1n) is 13.0. The fourth-order valence-corrected chi connectivity index (χ4v) is 5.40.